The summed E-state index contributed by atoms with van der Waals surface area (Å²) in [5, 5.41) is 23.0. The van der Waals surface area contributed by atoms with Crippen LogP contribution in [0.4, 0.5) is 0 Å². The first-order valence-electron chi connectivity index (χ1n) is 7.12. The quantitative estimate of drug-likeness (QED) is 0.397. The van der Waals surface area contributed by atoms with E-state index in [9.17, 15) is 24.6 Å². The van der Waals surface area contributed by atoms with Crippen molar-refractivity contribution < 1.29 is 54.2 Å². The monoisotopic (exact) mass is 341 g/mol. The first kappa shape index (κ1) is 22.4. The fraction of sp³-hybridized carbons (Fsp3) is 0.353. The van der Waals surface area contributed by atoms with Crippen molar-refractivity contribution >= 4 is 17.7 Å². The van der Waals surface area contributed by atoms with Crippen LogP contribution in [0, 0.1) is 5.92 Å². The molecule has 0 heterocycles. The number of aromatic hydroxyl groups is 1. The second-order valence-electron chi connectivity index (χ2n) is 5.83. The Morgan fingerprint density at radius 3 is 2.29 bits per heavy atom. The second kappa shape index (κ2) is 9.61. The molecule has 0 fully saturated rings. The molecular formula is C17H20NNaO5. The van der Waals surface area contributed by atoms with Gasteiger partial charge in [0, 0.05) is 18.3 Å². The molecule has 1 rings (SSSR count). The number of carboxylic acids is 1. The predicted molar refractivity (Wildman–Crippen MR) is 82.4 cm³/mol. The molecule has 0 saturated heterocycles. The Hall–Kier alpha value is -1.63. The van der Waals surface area contributed by atoms with Crippen molar-refractivity contribution in [2.24, 2.45) is 5.92 Å². The van der Waals surface area contributed by atoms with E-state index < -0.39 is 29.1 Å². The van der Waals surface area contributed by atoms with E-state index in [-0.39, 0.29) is 48.1 Å². The first-order valence-corrected chi connectivity index (χ1v) is 7.12. The van der Waals surface area contributed by atoms with E-state index in [0.717, 1.165) is 6.08 Å². The SMILES string of the molecule is C=CC(=O)NC(C)(C)C(=O)CC(Cc1ccc(O)cc1)C(=O)[O-].[Na+]. The molecule has 1 aromatic rings. The molecular weight excluding hydrogens is 321 g/mol. The summed E-state index contributed by atoms with van der Waals surface area (Å²) < 4.78 is 0. The van der Waals surface area contributed by atoms with E-state index >= 15 is 0 Å². The third-order valence-electron chi connectivity index (χ3n) is 3.50. The van der Waals surface area contributed by atoms with Crippen LogP contribution in [0.2, 0.25) is 0 Å². The second-order valence-corrected chi connectivity index (χ2v) is 5.83. The molecule has 24 heavy (non-hydrogen) atoms. The summed E-state index contributed by atoms with van der Waals surface area (Å²) >= 11 is 0. The number of hydrogen-bond donors (Lipinski definition) is 2. The van der Waals surface area contributed by atoms with Crippen LogP contribution in [0.5, 0.6) is 5.75 Å². The number of nitrogens with one attached hydrogen (secondary N) is 1. The number of aliphatic carboxylic acids is 1. The maximum atomic E-state index is 12.3. The standard InChI is InChI=1S/C17H21NO5.Na/c1-4-15(21)18-17(2,3)14(20)10-12(16(22)23)9-11-5-7-13(19)8-6-11;/h4-8,12,19H,1,9-10H2,2-3H3,(H,18,21)(H,22,23);/q;+1/p-1. The minimum absolute atomic E-state index is 0. The number of carbonyl (C=O) groups is 3. The average Bonchev–Trinajstić information content (AvgIpc) is 2.47. The van der Waals surface area contributed by atoms with E-state index in [1.54, 1.807) is 12.1 Å². The minimum Gasteiger partial charge on any atom is -0.550 e. The summed E-state index contributed by atoms with van der Waals surface area (Å²) in [7, 11) is 0. The van der Waals surface area contributed by atoms with Gasteiger partial charge in [-0.1, -0.05) is 18.7 Å². The van der Waals surface area contributed by atoms with Gasteiger partial charge in [-0.15, -0.1) is 0 Å². The minimum atomic E-state index is -1.34. The third-order valence-corrected chi connectivity index (χ3v) is 3.50. The zero-order valence-corrected chi connectivity index (χ0v) is 16.2. The van der Waals surface area contributed by atoms with Crippen LogP contribution in [0.25, 0.3) is 0 Å². The summed E-state index contributed by atoms with van der Waals surface area (Å²) in [5.41, 5.74) is -0.536. The maximum absolute atomic E-state index is 12.3. The van der Waals surface area contributed by atoms with Crippen LogP contribution in [0.3, 0.4) is 0 Å². The summed E-state index contributed by atoms with van der Waals surface area (Å²) in [4.78, 5) is 34.9. The molecule has 1 amide bonds. The summed E-state index contributed by atoms with van der Waals surface area (Å²) in [6, 6.07) is 6.05. The van der Waals surface area contributed by atoms with E-state index in [1.165, 1.54) is 26.0 Å². The molecule has 0 bridgehead atoms. The van der Waals surface area contributed by atoms with Crippen molar-refractivity contribution in [3.05, 3.63) is 42.5 Å². The average molecular weight is 341 g/mol. The third kappa shape index (κ3) is 6.86. The molecule has 1 aromatic carbocycles. The Bertz CT molecular complexity index is 610. The summed E-state index contributed by atoms with van der Waals surface area (Å²) in [6.45, 7) is 6.32. The van der Waals surface area contributed by atoms with Crippen LogP contribution in [0.1, 0.15) is 25.8 Å². The number of ketones is 1. The summed E-state index contributed by atoms with van der Waals surface area (Å²) in [6.07, 6.45) is 0.870. The van der Waals surface area contributed by atoms with E-state index in [4.69, 9.17) is 0 Å². The Labute approximate surface area is 163 Å². The van der Waals surface area contributed by atoms with Crippen LogP contribution >= 0.6 is 0 Å². The Morgan fingerprint density at radius 1 is 1.29 bits per heavy atom. The van der Waals surface area contributed by atoms with Crippen molar-refractivity contribution in [1.82, 2.24) is 5.32 Å². The molecule has 0 aliphatic heterocycles. The molecule has 6 nitrogen and oxygen atoms in total. The van der Waals surface area contributed by atoms with Crippen LogP contribution in [-0.4, -0.2) is 28.3 Å². The Balaban J connectivity index is 0.00000529. The molecule has 0 aliphatic rings. The molecule has 0 radical (unpaired) electrons. The van der Waals surface area contributed by atoms with E-state index in [2.05, 4.69) is 11.9 Å². The zero-order chi connectivity index (χ0) is 17.6. The normalized spacial score (nSPS) is 11.8. The van der Waals surface area contributed by atoms with Crippen molar-refractivity contribution in [3.63, 3.8) is 0 Å². The number of hydrogen-bond acceptors (Lipinski definition) is 5. The topological polar surface area (TPSA) is 107 Å². The number of phenolic OH excluding ortho intramolecular Hbond substituents is 1. The number of benzene rings is 1. The number of phenols is 1. The van der Waals surface area contributed by atoms with Crippen molar-refractivity contribution in [3.8, 4) is 5.75 Å². The van der Waals surface area contributed by atoms with Gasteiger partial charge in [0.2, 0.25) is 5.91 Å². The van der Waals surface area contributed by atoms with Gasteiger partial charge < -0.3 is 20.3 Å². The number of Topliss-reactive ketones (excluding diaryl/α,β-unsaturated/α-hetero) is 1. The van der Waals surface area contributed by atoms with Crippen LogP contribution < -0.4 is 40.0 Å². The molecule has 1 atom stereocenters. The van der Waals surface area contributed by atoms with Gasteiger partial charge in [-0.25, -0.2) is 0 Å². The van der Waals surface area contributed by atoms with E-state index in [1.807, 2.05) is 0 Å². The van der Waals surface area contributed by atoms with Gasteiger partial charge >= 0.3 is 29.6 Å². The van der Waals surface area contributed by atoms with Crippen molar-refractivity contribution in [2.75, 3.05) is 0 Å². The first-order chi connectivity index (χ1) is 10.7. The van der Waals surface area contributed by atoms with Gasteiger partial charge in [-0.2, -0.15) is 0 Å². The fourth-order valence-corrected chi connectivity index (χ4v) is 2.06. The van der Waals surface area contributed by atoms with E-state index in [0.29, 0.717) is 5.56 Å². The van der Waals surface area contributed by atoms with Gasteiger partial charge in [-0.05, 0) is 44.0 Å². The van der Waals surface area contributed by atoms with Crippen LogP contribution in [0.15, 0.2) is 36.9 Å². The molecule has 7 heteroatoms. The molecule has 2 N–H and O–H groups in total. The smallest absolute Gasteiger partial charge is 0.550 e. The van der Waals surface area contributed by atoms with Gasteiger partial charge in [0.25, 0.3) is 0 Å². The van der Waals surface area contributed by atoms with Gasteiger partial charge in [0.15, 0.2) is 5.78 Å². The fourth-order valence-electron chi connectivity index (χ4n) is 2.06. The summed E-state index contributed by atoms with van der Waals surface area (Å²) in [5.74, 6) is -3.21. The molecule has 0 saturated carbocycles. The number of rotatable bonds is 8. The van der Waals surface area contributed by atoms with Crippen LogP contribution in [-0.2, 0) is 20.8 Å². The number of carboxylic acid groups (broad SMARTS) is 1. The number of amides is 1. The van der Waals surface area contributed by atoms with Gasteiger partial charge in [0.05, 0.1) is 5.54 Å². The maximum Gasteiger partial charge on any atom is 1.00 e. The van der Waals surface area contributed by atoms with Crippen molar-refractivity contribution in [1.29, 1.82) is 0 Å². The molecule has 0 spiro atoms. The molecule has 0 aliphatic carbocycles. The number of carbonyl (C=O) groups excluding carboxylic acids is 3. The van der Waals surface area contributed by atoms with Gasteiger partial charge in [-0.3, -0.25) is 9.59 Å². The molecule has 1 unspecified atom stereocenters. The largest absolute Gasteiger partial charge is 1.00 e. The zero-order valence-electron chi connectivity index (χ0n) is 14.2. The molecule has 124 valence electrons. The van der Waals surface area contributed by atoms with Crippen molar-refractivity contribution in [2.45, 2.75) is 32.2 Å². The predicted octanol–water partition coefficient (Wildman–Crippen LogP) is -2.66. The Kier molecular flexibility index (Phi) is 8.96. The van der Waals surface area contributed by atoms with Gasteiger partial charge in [0.1, 0.15) is 5.75 Å². The Morgan fingerprint density at radius 2 is 1.83 bits per heavy atom. The molecule has 0 aromatic heterocycles.